The average molecular weight is 344 g/mol. The summed E-state index contributed by atoms with van der Waals surface area (Å²) in [5.74, 6) is 0.711. The molecule has 24 heavy (non-hydrogen) atoms. The fourth-order valence-electron chi connectivity index (χ4n) is 3.24. The van der Waals surface area contributed by atoms with Crippen LogP contribution in [0.2, 0.25) is 5.02 Å². The second kappa shape index (κ2) is 6.75. The average Bonchev–Trinajstić information content (AvgIpc) is 3.32. The predicted molar refractivity (Wildman–Crippen MR) is 90.4 cm³/mol. The van der Waals surface area contributed by atoms with Gasteiger partial charge in [-0.25, -0.2) is 4.98 Å². The van der Waals surface area contributed by atoms with E-state index in [1.54, 1.807) is 12.7 Å². The van der Waals surface area contributed by atoms with Gasteiger partial charge in [-0.05, 0) is 31.5 Å². The molecule has 0 unspecified atom stereocenters. The van der Waals surface area contributed by atoms with E-state index in [1.165, 1.54) is 6.42 Å². The van der Waals surface area contributed by atoms with E-state index in [2.05, 4.69) is 20.1 Å². The standard InChI is InChI=1S/C17H18ClN5O/c18-16-6-2-1-5-15(16)17-8-13(21-24-17)9-22-7-3-4-14(22)10-23-12-19-11-20-23/h1-2,5-6,8,11-12,14H,3-4,7,9-10H2/t14-/m1/s1. The minimum Gasteiger partial charge on any atom is -0.356 e. The summed E-state index contributed by atoms with van der Waals surface area (Å²) in [5, 5.41) is 9.10. The van der Waals surface area contributed by atoms with Crippen molar-refractivity contribution in [2.45, 2.75) is 32.0 Å². The van der Waals surface area contributed by atoms with Gasteiger partial charge < -0.3 is 4.52 Å². The van der Waals surface area contributed by atoms with Gasteiger partial charge in [-0.1, -0.05) is 28.9 Å². The summed E-state index contributed by atoms with van der Waals surface area (Å²) in [6, 6.07) is 10.1. The van der Waals surface area contributed by atoms with Crippen molar-refractivity contribution in [2.75, 3.05) is 6.54 Å². The van der Waals surface area contributed by atoms with E-state index in [9.17, 15) is 0 Å². The van der Waals surface area contributed by atoms with Gasteiger partial charge in [-0.15, -0.1) is 0 Å². The van der Waals surface area contributed by atoms with Gasteiger partial charge in [0.05, 0.1) is 17.3 Å². The highest BCUT2D eigenvalue weighted by Gasteiger charge is 2.26. The maximum atomic E-state index is 6.23. The van der Waals surface area contributed by atoms with Crippen LogP contribution in [-0.2, 0) is 13.1 Å². The Labute approximate surface area is 145 Å². The first-order chi connectivity index (χ1) is 11.8. The zero-order chi connectivity index (χ0) is 16.4. The highest BCUT2D eigenvalue weighted by molar-refractivity contribution is 6.33. The number of likely N-dealkylation sites (tertiary alicyclic amines) is 1. The molecule has 3 aromatic rings. The number of aromatic nitrogens is 4. The van der Waals surface area contributed by atoms with Crippen LogP contribution in [0.15, 0.2) is 47.5 Å². The molecule has 0 amide bonds. The molecule has 1 aliphatic heterocycles. The second-order valence-corrected chi connectivity index (χ2v) is 6.45. The Kier molecular flexibility index (Phi) is 4.32. The lowest BCUT2D eigenvalue weighted by molar-refractivity contribution is 0.213. The van der Waals surface area contributed by atoms with Crippen LogP contribution >= 0.6 is 11.6 Å². The molecular weight excluding hydrogens is 326 g/mol. The molecule has 6 nitrogen and oxygen atoms in total. The molecule has 2 aromatic heterocycles. The molecule has 124 valence electrons. The predicted octanol–water partition coefficient (Wildman–Crippen LogP) is 3.25. The molecule has 1 aliphatic rings. The van der Waals surface area contributed by atoms with Crippen molar-refractivity contribution in [3.05, 3.63) is 53.7 Å². The molecule has 3 heterocycles. The van der Waals surface area contributed by atoms with Crippen LogP contribution < -0.4 is 0 Å². The van der Waals surface area contributed by atoms with Crippen molar-refractivity contribution in [2.24, 2.45) is 0 Å². The van der Waals surface area contributed by atoms with E-state index < -0.39 is 0 Å². The maximum absolute atomic E-state index is 6.23. The van der Waals surface area contributed by atoms with Gasteiger partial charge >= 0.3 is 0 Å². The number of rotatable bonds is 5. The Balaban J connectivity index is 1.46. The zero-order valence-electron chi connectivity index (χ0n) is 13.2. The lowest BCUT2D eigenvalue weighted by Gasteiger charge is -2.22. The van der Waals surface area contributed by atoms with Crippen molar-refractivity contribution in [3.8, 4) is 11.3 Å². The van der Waals surface area contributed by atoms with E-state index in [-0.39, 0.29) is 0 Å². The summed E-state index contributed by atoms with van der Waals surface area (Å²) >= 11 is 6.23. The monoisotopic (exact) mass is 343 g/mol. The van der Waals surface area contributed by atoms with E-state index in [0.29, 0.717) is 16.8 Å². The van der Waals surface area contributed by atoms with Gasteiger partial charge in [0.1, 0.15) is 12.7 Å². The maximum Gasteiger partial charge on any atom is 0.168 e. The van der Waals surface area contributed by atoms with Gasteiger partial charge in [0, 0.05) is 24.2 Å². The summed E-state index contributed by atoms with van der Waals surface area (Å²) in [6.45, 7) is 2.69. The van der Waals surface area contributed by atoms with Gasteiger partial charge in [0.25, 0.3) is 0 Å². The number of halogens is 1. The molecule has 1 fully saturated rings. The summed E-state index contributed by atoms with van der Waals surface area (Å²) in [6.07, 6.45) is 5.69. The molecule has 4 rings (SSSR count). The van der Waals surface area contributed by atoms with Crippen LogP contribution in [0.4, 0.5) is 0 Å². The van der Waals surface area contributed by atoms with E-state index in [1.807, 2.05) is 35.0 Å². The number of hydrogen-bond donors (Lipinski definition) is 0. The zero-order valence-corrected chi connectivity index (χ0v) is 13.9. The topological polar surface area (TPSA) is 60.0 Å². The third-order valence-electron chi connectivity index (χ3n) is 4.43. The van der Waals surface area contributed by atoms with Crippen molar-refractivity contribution in [3.63, 3.8) is 0 Å². The molecule has 0 spiro atoms. The molecular formula is C17H18ClN5O. The number of benzene rings is 1. The quantitative estimate of drug-likeness (QED) is 0.711. The highest BCUT2D eigenvalue weighted by atomic mass is 35.5. The first-order valence-corrected chi connectivity index (χ1v) is 8.44. The Morgan fingerprint density at radius 2 is 2.21 bits per heavy atom. The molecule has 0 radical (unpaired) electrons. The Bertz CT molecular complexity index is 801. The van der Waals surface area contributed by atoms with Crippen LogP contribution in [0.5, 0.6) is 0 Å². The van der Waals surface area contributed by atoms with Crippen LogP contribution in [0.25, 0.3) is 11.3 Å². The molecule has 1 saturated heterocycles. The lowest BCUT2D eigenvalue weighted by Crippen LogP contribution is -2.32. The van der Waals surface area contributed by atoms with Crippen molar-refractivity contribution < 1.29 is 4.52 Å². The van der Waals surface area contributed by atoms with Crippen LogP contribution in [-0.4, -0.2) is 37.4 Å². The largest absolute Gasteiger partial charge is 0.356 e. The number of hydrogen-bond acceptors (Lipinski definition) is 5. The minimum atomic E-state index is 0.451. The smallest absolute Gasteiger partial charge is 0.168 e. The lowest BCUT2D eigenvalue weighted by atomic mass is 10.1. The highest BCUT2D eigenvalue weighted by Crippen LogP contribution is 2.29. The molecule has 0 N–H and O–H groups in total. The summed E-state index contributed by atoms with van der Waals surface area (Å²) in [5.41, 5.74) is 1.80. The van der Waals surface area contributed by atoms with E-state index >= 15 is 0 Å². The van der Waals surface area contributed by atoms with Crippen molar-refractivity contribution in [1.82, 2.24) is 24.8 Å². The second-order valence-electron chi connectivity index (χ2n) is 6.05. The Hall–Kier alpha value is -2.18. The van der Waals surface area contributed by atoms with Gasteiger partial charge in [-0.2, -0.15) is 5.10 Å². The summed E-state index contributed by atoms with van der Waals surface area (Å²) in [7, 11) is 0. The van der Waals surface area contributed by atoms with Gasteiger partial charge in [0.15, 0.2) is 5.76 Å². The third kappa shape index (κ3) is 3.20. The molecule has 0 aliphatic carbocycles. The first kappa shape index (κ1) is 15.4. The Morgan fingerprint density at radius 3 is 3.04 bits per heavy atom. The van der Waals surface area contributed by atoms with Crippen molar-refractivity contribution >= 4 is 11.6 Å². The van der Waals surface area contributed by atoms with Crippen LogP contribution in [0.3, 0.4) is 0 Å². The third-order valence-corrected chi connectivity index (χ3v) is 4.76. The van der Waals surface area contributed by atoms with Crippen LogP contribution in [0.1, 0.15) is 18.5 Å². The minimum absolute atomic E-state index is 0.451. The molecule has 1 atom stereocenters. The van der Waals surface area contributed by atoms with Crippen molar-refractivity contribution in [1.29, 1.82) is 0 Å². The molecule has 1 aromatic carbocycles. The fourth-order valence-corrected chi connectivity index (χ4v) is 3.46. The SMILES string of the molecule is Clc1ccccc1-c1cc(CN2CCC[C@@H]2Cn2cncn2)no1. The normalized spacial score (nSPS) is 18.3. The fraction of sp³-hybridized carbons (Fsp3) is 0.353. The van der Waals surface area contributed by atoms with Gasteiger partial charge in [-0.3, -0.25) is 9.58 Å². The van der Waals surface area contributed by atoms with E-state index in [4.69, 9.17) is 16.1 Å². The summed E-state index contributed by atoms with van der Waals surface area (Å²) < 4.78 is 7.38. The first-order valence-electron chi connectivity index (χ1n) is 8.06. The molecule has 7 heteroatoms. The number of nitrogens with zero attached hydrogens (tertiary/aromatic N) is 5. The van der Waals surface area contributed by atoms with Gasteiger partial charge in [0.2, 0.25) is 0 Å². The summed E-state index contributed by atoms with van der Waals surface area (Å²) in [4.78, 5) is 6.44. The molecule has 0 saturated carbocycles. The Morgan fingerprint density at radius 1 is 1.29 bits per heavy atom. The van der Waals surface area contributed by atoms with E-state index in [0.717, 1.165) is 37.3 Å². The molecule has 0 bridgehead atoms. The van der Waals surface area contributed by atoms with Crippen LogP contribution in [0, 0.1) is 0 Å².